The number of carbonyl (C=O) groups is 1. The minimum atomic E-state index is -0.183. The Morgan fingerprint density at radius 1 is 1.29 bits per heavy atom. The van der Waals surface area contributed by atoms with E-state index in [0.717, 1.165) is 42.0 Å². The van der Waals surface area contributed by atoms with Crippen molar-refractivity contribution in [1.29, 1.82) is 0 Å². The number of amides is 1. The van der Waals surface area contributed by atoms with Gasteiger partial charge in [-0.1, -0.05) is 43.1 Å². The van der Waals surface area contributed by atoms with Gasteiger partial charge in [-0.25, -0.2) is 4.98 Å². The summed E-state index contributed by atoms with van der Waals surface area (Å²) >= 11 is 7.92. The first-order valence-corrected chi connectivity index (χ1v) is 10.5. The van der Waals surface area contributed by atoms with Crippen molar-refractivity contribution < 1.29 is 4.79 Å². The van der Waals surface area contributed by atoms with Crippen LogP contribution in [0.15, 0.2) is 41.8 Å². The fourth-order valence-corrected chi connectivity index (χ4v) is 3.94. The number of hydrogen-bond donors (Lipinski definition) is 0. The zero-order valence-corrected chi connectivity index (χ0v) is 17.8. The number of halogens is 1. The second-order valence-electron chi connectivity index (χ2n) is 6.48. The van der Waals surface area contributed by atoms with E-state index in [9.17, 15) is 4.79 Å². The number of rotatable bonds is 7. The summed E-state index contributed by atoms with van der Waals surface area (Å²) in [6, 6.07) is 9.51. The number of benzene rings is 1. The first-order chi connectivity index (χ1) is 13.5. The molecule has 0 saturated heterocycles. The average Bonchev–Trinajstić information content (AvgIpc) is 3.22. The number of aromatic nitrogens is 3. The maximum absolute atomic E-state index is 13.1. The minimum Gasteiger partial charge on any atom is -0.269 e. The summed E-state index contributed by atoms with van der Waals surface area (Å²) in [6.07, 6.45) is 5.35. The van der Waals surface area contributed by atoms with Crippen LogP contribution in [0.5, 0.6) is 0 Å². The maximum Gasteiger partial charge on any atom is 0.257 e. The Labute approximate surface area is 174 Å². The van der Waals surface area contributed by atoms with E-state index < -0.39 is 0 Å². The number of aryl methyl sites for hydroxylation is 3. The summed E-state index contributed by atoms with van der Waals surface area (Å²) in [4.78, 5) is 19.2. The first-order valence-electron chi connectivity index (χ1n) is 9.23. The molecule has 7 heteroatoms. The number of unbranched alkanes of at least 4 members (excludes halogenated alkanes) is 1. The van der Waals surface area contributed by atoms with E-state index >= 15 is 0 Å². The molecule has 0 fully saturated rings. The van der Waals surface area contributed by atoms with Crippen molar-refractivity contribution in [3.05, 3.63) is 63.9 Å². The molecule has 0 bridgehead atoms. The summed E-state index contributed by atoms with van der Waals surface area (Å²) < 4.78 is 1.80. The zero-order valence-electron chi connectivity index (χ0n) is 16.2. The van der Waals surface area contributed by atoms with Crippen LogP contribution in [0, 0.1) is 13.8 Å². The number of nitrogens with zero attached hydrogens (tertiary/aromatic N) is 4. The molecule has 0 aliphatic rings. The molecule has 0 aliphatic carbocycles. The van der Waals surface area contributed by atoms with Crippen molar-refractivity contribution in [1.82, 2.24) is 14.8 Å². The molecular weight excluding hydrogens is 392 g/mol. The molecule has 28 heavy (non-hydrogen) atoms. The summed E-state index contributed by atoms with van der Waals surface area (Å²) in [5.74, 6) is -0.183. The number of carbonyl (C=O) groups excluding carboxylic acids is 1. The largest absolute Gasteiger partial charge is 0.269 e. The second kappa shape index (κ2) is 9.17. The van der Waals surface area contributed by atoms with Gasteiger partial charge in [-0.05, 0) is 38.5 Å². The van der Waals surface area contributed by atoms with Gasteiger partial charge in [0.2, 0.25) is 0 Å². The number of hydrogen-bond acceptors (Lipinski definition) is 4. The monoisotopic (exact) mass is 414 g/mol. The molecule has 2 heterocycles. The molecule has 0 saturated carbocycles. The van der Waals surface area contributed by atoms with E-state index in [2.05, 4.69) is 17.0 Å². The van der Waals surface area contributed by atoms with E-state index in [0.29, 0.717) is 10.3 Å². The molecule has 0 atom stereocenters. The van der Waals surface area contributed by atoms with Crippen LogP contribution in [0.4, 0.5) is 10.8 Å². The van der Waals surface area contributed by atoms with Gasteiger partial charge >= 0.3 is 0 Å². The van der Waals surface area contributed by atoms with Gasteiger partial charge in [-0.15, -0.1) is 11.3 Å². The molecule has 3 rings (SSSR count). The Hall–Kier alpha value is -2.44. The second-order valence-corrected chi connectivity index (χ2v) is 7.68. The van der Waals surface area contributed by atoms with Crippen molar-refractivity contribution in [2.75, 3.05) is 4.90 Å². The van der Waals surface area contributed by atoms with Crippen LogP contribution < -0.4 is 4.90 Å². The number of thiazole rings is 1. The van der Waals surface area contributed by atoms with Crippen LogP contribution in [0.1, 0.15) is 36.7 Å². The lowest BCUT2D eigenvalue weighted by atomic mass is 10.2. The summed E-state index contributed by atoms with van der Waals surface area (Å²) in [5, 5.41) is 7.62. The van der Waals surface area contributed by atoms with Crippen LogP contribution in [-0.2, 0) is 11.3 Å². The van der Waals surface area contributed by atoms with Crippen LogP contribution in [0.2, 0.25) is 5.15 Å². The maximum atomic E-state index is 13.1. The van der Waals surface area contributed by atoms with E-state index in [4.69, 9.17) is 11.6 Å². The molecule has 146 valence electrons. The summed E-state index contributed by atoms with van der Waals surface area (Å²) in [5.41, 5.74) is 3.23. The lowest BCUT2D eigenvalue weighted by molar-refractivity contribution is -0.113. The topological polar surface area (TPSA) is 51.0 Å². The highest BCUT2D eigenvalue weighted by Gasteiger charge is 2.19. The van der Waals surface area contributed by atoms with E-state index in [1.807, 2.05) is 49.6 Å². The molecule has 3 aromatic rings. The molecule has 2 aromatic heterocycles. The van der Waals surface area contributed by atoms with E-state index in [1.54, 1.807) is 15.7 Å². The predicted molar refractivity (Wildman–Crippen MR) is 116 cm³/mol. The Bertz CT molecular complexity index is 978. The summed E-state index contributed by atoms with van der Waals surface area (Å²) in [7, 11) is 0. The van der Waals surface area contributed by atoms with Crippen molar-refractivity contribution in [3.63, 3.8) is 0 Å². The molecule has 1 aromatic carbocycles. The average molecular weight is 415 g/mol. The van der Waals surface area contributed by atoms with Gasteiger partial charge in [0.25, 0.3) is 5.91 Å². The zero-order chi connectivity index (χ0) is 20.1. The molecule has 5 nitrogen and oxygen atoms in total. The lowest BCUT2D eigenvalue weighted by Crippen LogP contribution is -2.23. The molecule has 0 N–H and O–H groups in total. The summed E-state index contributed by atoms with van der Waals surface area (Å²) in [6.45, 7) is 6.71. The fourth-order valence-electron chi connectivity index (χ4n) is 2.79. The molecular formula is C21H23ClN4OS. The van der Waals surface area contributed by atoms with Crippen LogP contribution >= 0.6 is 22.9 Å². The van der Waals surface area contributed by atoms with Crippen molar-refractivity contribution in [2.24, 2.45) is 0 Å². The highest BCUT2D eigenvalue weighted by Crippen LogP contribution is 2.29. The van der Waals surface area contributed by atoms with Gasteiger partial charge in [-0.3, -0.25) is 14.4 Å². The minimum absolute atomic E-state index is 0.183. The highest BCUT2D eigenvalue weighted by atomic mass is 35.5. The molecule has 0 aliphatic heterocycles. The highest BCUT2D eigenvalue weighted by molar-refractivity contribution is 7.14. The first kappa shape index (κ1) is 20.3. The number of anilines is 2. The quantitative estimate of drug-likeness (QED) is 0.460. The SMILES string of the molecule is CCCCn1nc(C)c(/C=C/C(=O)N(c2ccccc2)c2nc(C)cs2)c1Cl. The Morgan fingerprint density at radius 3 is 2.68 bits per heavy atom. The predicted octanol–water partition coefficient (Wildman–Crippen LogP) is 5.79. The normalized spacial score (nSPS) is 11.3. The van der Waals surface area contributed by atoms with Crippen molar-refractivity contribution in [2.45, 2.75) is 40.2 Å². The van der Waals surface area contributed by atoms with Crippen molar-refractivity contribution >= 4 is 45.7 Å². The van der Waals surface area contributed by atoms with Gasteiger partial charge < -0.3 is 0 Å². The van der Waals surface area contributed by atoms with Crippen LogP contribution in [0.3, 0.4) is 0 Å². The Kier molecular flexibility index (Phi) is 6.65. The van der Waals surface area contributed by atoms with Crippen molar-refractivity contribution in [3.8, 4) is 0 Å². The van der Waals surface area contributed by atoms with Gasteiger partial charge in [0.1, 0.15) is 5.15 Å². The van der Waals surface area contributed by atoms with Gasteiger partial charge in [0.15, 0.2) is 5.13 Å². The van der Waals surface area contributed by atoms with Gasteiger partial charge in [0.05, 0.1) is 17.1 Å². The van der Waals surface area contributed by atoms with Crippen LogP contribution in [0.25, 0.3) is 6.08 Å². The third-order valence-corrected chi connectivity index (χ3v) is 5.60. The third-order valence-electron chi connectivity index (χ3n) is 4.26. The molecule has 0 radical (unpaired) electrons. The standard InChI is InChI=1S/C21H23ClN4OS/c1-4-5-13-25-20(22)18(16(3)24-25)11-12-19(27)26(17-9-7-6-8-10-17)21-23-15(2)14-28-21/h6-12,14H,4-5,13H2,1-3H3/b12-11+. The fraction of sp³-hybridized carbons (Fsp3) is 0.286. The Balaban J connectivity index is 1.90. The molecule has 0 spiro atoms. The third kappa shape index (κ3) is 4.51. The Morgan fingerprint density at radius 2 is 2.04 bits per heavy atom. The van der Waals surface area contributed by atoms with E-state index in [1.165, 1.54) is 17.4 Å². The smallest absolute Gasteiger partial charge is 0.257 e. The van der Waals surface area contributed by atoms with Gasteiger partial charge in [-0.2, -0.15) is 5.10 Å². The van der Waals surface area contributed by atoms with Gasteiger partial charge in [0, 0.05) is 23.6 Å². The molecule has 0 unspecified atom stereocenters. The molecule has 1 amide bonds. The number of para-hydroxylation sites is 1. The lowest BCUT2D eigenvalue weighted by Gasteiger charge is -2.18. The van der Waals surface area contributed by atoms with E-state index in [-0.39, 0.29) is 5.91 Å². The van der Waals surface area contributed by atoms with Crippen LogP contribution in [-0.4, -0.2) is 20.7 Å².